The number of nitrogens with zero attached hydrogens (tertiary/aromatic N) is 1. The van der Waals surface area contributed by atoms with E-state index >= 15 is 0 Å². The molecule has 1 aliphatic heterocycles. The molecule has 1 heterocycles. The Morgan fingerprint density at radius 3 is 2.74 bits per heavy atom. The van der Waals surface area contributed by atoms with E-state index in [4.69, 9.17) is 14.2 Å². The second-order valence-corrected chi connectivity index (χ2v) is 6.77. The lowest BCUT2D eigenvalue weighted by Gasteiger charge is -2.32. The van der Waals surface area contributed by atoms with Gasteiger partial charge in [0.1, 0.15) is 5.54 Å². The lowest BCUT2D eigenvalue weighted by atomic mass is 9.83. The van der Waals surface area contributed by atoms with Gasteiger partial charge >= 0.3 is 5.97 Å². The first-order valence-electron chi connectivity index (χ1n) is 9.03. The molecular weight excluding hydrogens is 348 g/mol. The van der Waals surface area contributed by atoms with Gasteiger partial charge in [-0.3, -0.25) is 4.79 Å². The highest BCUT2D eigenvalue weighted by Crippen LogP contribution is 2.32. The SMILES string of the molecule is C[C@H](OC(=O)/C=C/c1ccc2c(c1)OCO2)C(=O)NC1(C#N)CCCCC1. The van der Waals surface area contributed by atoms with Crippen molar-refractivity contribution in [3.8, 4) is 17.6 Å². The Kier molecular flexibility index (Phi) is 5.65. The Morgan fingerprint density at radius 2 is 2.00 bits per heavy atom. The van der Waals surface area contributed by atoms with Gasteiger partial charge < -0.3 is 19.5 Å². The van der Waals surface area contributed by atoms with Crippen LogP contribution in [-0.4, -0.2) is 30.3 Å². The normalized spacial score (nSPS) is 18.5. The fourth-order valence-corrected chi connectivity index (χ4v) is 3.21. The maximum atomic E-state index is 12.3. The number of nitrogens with one attached hydrogen (secondary N) is 1. The number of hydrogen-bond acceptors (Lipinski definition) is 6. The molecule has 7 nitrogen and oxygen atoms in total. The van der Waals surface area contributed by atoms with Crippen molar-refractivity contribution in [2.45, 2.75) is 50.7 Å². The highest BCUT2D eigenvalue weighted by Gasteiger charge is 2.35. The second-order valence-electron chi connectivity index (χ2n) is 6.77. The molecule has 2 aliphatic rings. The number of hydrogen-bond donors (Lipinski definition) is 1. The smallest absolute Gasteiger partial charge is 0.331 e. The Hall–Kier alpha value is -3.01. The predicted octanol–water partition coefficient (Wildman–Crippen LogP) is 2.70. The van der Waals surface area contributed by atoms with Crippen molar-refractivity contribution in [2.24, 2.45) is 0 Å². The number of esters is 1. The first kappa shape index (κ1) is 18.8. The molecule has 0 unspecified atom stereocenters. The zero-order valence-corrected chi connectivity index (χ0v) is 15.2. The van der Waals surface area contributed by atoms with E-state index < -0.39 is 23.5 Å². The van der Waals surface area contributed by atoms with Crippen LogP contribution >= 0.6 is 0 Å². The third kappa shape index (κ3) is 4.59. The first-order valence-corrected chi connectivity index (χ1v) is 9.03. The van der Waals surface area contributed by atoms with Crippen molar-refractivity contribution in [1.29, 1.82) is 5.26 Å². The molecule has 142 valence electrons. The zero-order chi connectivity index (χ0) is 19.3. The molecule has 1 amide bonds. The van der Waals surface area contributed by atoms with Gasteiger partial charge in [-0.1, -0.05) is 25.3 Å². The van der Waals surface area contributed by atoms with E-state index in [1.807, 2.05) is 0 Å². The number of carbonyl (C=O) groups excluding carboxylic acids is 2. The number of fused-ring (bicyclic) bond motifs is 1. The Labute approximate surface area is 157 Å². The second kappa shape index (κ2) is 8.12. The number of rotatable bonds is 5. The van der Waals surface area contributed by atoms with Gasteiger partial charge in [-0.05, 0) is 43.5 Å². The average Bonchev–Trinajstić information content (AvgIpc) is 3.15. The molecule has 1 saturated carbocycles. The molecule has 1 fully saturated rings. The highest BCUT2D eigenvalue weighted by molar-refractivity contribution is 5.90. The van der Waals surface area contributed by atoms with Crippen molar-refractivity contribution >= 4 is 18.0 Å². The summed E-state index contributed by atoms with van der Waals surface area (Å²) in [5, 5.41) is 12.2. The van der Waals surface area contributed by atoms with Gasteiger partial charge in [0.2, 0.25) is 6.79 Å². The van der Waals surface area contributed by atoms with Crippen LogP contribution in [0.25, 0.3) is 6.08 Å². The summed E-state index contributed by atoms with van der Waals surface area (Å²) in [6.07, 6.45) is 5.97. The van der Waals surface area contributed by atoms with Crippen LogP contribution in [0.3, 0.4) is 0 Å². The molecular formula is C20H22N2O5. The molecule has 0 bridgehead atoms. The summed E-state index contributed by atoms with van der Waals surface area (Å²) in [6, 6.07) is 7.51. The van der Waals surface area contributed by atoms with Gasteiger partial charge in [-0.2, -0.15) is 5.26 Å². The molecule has 0 radical (unpaired) electrons. The lowest BCUT2D eigenvalue weighted by Crippen LogP contribution is -2.52. The molecule has 1 aliphatic carbocycles. The maximum absolute atomic E-state index is 12.3. The molecule has 1 aromatic rings. The minimum atomic E-state index is -0.981. The lowest BCUT2D eigenvalue weighted by molar-refractivity contribution is -0.150. The van der Waals surface area contributed by atoms with Crippen LogP contribution in [0.15, 0.2) is 24.3 Å². The third-order valence-electron chi connectivity index (χ3n) is 4.75. The van der Waals surface area contributed by atoms with E-state index in [1.54, 1.807) is 24.3 Å². The predicted molar refractivity (Wildman–Crippen MR) is 96.7 cm³/mol. The monoisotopic (exact) mass is 370 g/mol. The zero-order valence-electron chi connectivity index (χ0n) is 15.2. The molecule has 27 heavy (non-hydrogen) atoms. The summed E-state index contributed by atoms with van der Waals surface area (Å²) < 4.78 is 15.7. The van der Waals surface area contributed by atoms with Crippen molar-refractivity contribution in [3.63, 3.8) is 0 Å². The van der Waals surface area contributed by atoms with E-state index in [2.05, 4.69) is 11.4 Å². The molecule has 0 aromatic heterocycles. The summed E-state index contributed by atoms with van der Waals surface area (Å²) in [6.45, 7) is 1.68. The van der Waals surface area contributed by atoms with E-state index in [0.29, 0.717) is 24.3 Å². The van der Waals surface area contributed by atoms with Crippen LogP contribution in [0.4, 0.5) is 0 Å². The van der Waals surface area contributed by atoms with E-state index in [-0.39, 0.29) is 6.79 Å². The topological polar surface area (TPSA) is 97.7 Å². The minimum absolute atomic E-state index is 0.182. The van der Waals surface area contributed by atoms with E-state index in [9.17, 15) is 14.9 Å². The number of nitriles is 1. The van der Waals surface area contributed by atoms with Crippen LogP contribution in [0.2, 0.25) is 0 Å². The van der Waals surface area contributed by atoms with Crippen molar-refractivity contribution in [2.75, 3.05) is 6.79 Å². The third-order valence-corrected chi connectivity index (χ3v) is 4.75. The fourth-order valence-electron chi connectivity index (χ4n) is 3.21. The molecule has 7 heteroatoms. The van der Waals surface area contributed by atoms with E-state index in [0.717, 1.165) is 24.8 Å². The van der Waals surface area contributed by atoms with Crippen molar-refractivity contribution in [3.05, 3.63) is 29.8 Å². The maximum Gasteiger partial charge on any atom is 0.331 e. The molecule has 0 saturated heterocycles. The van der Waals surface area contributed by atoms with Gasteiger partial charge in [0.05, 0.1) is 6.07 Å². The standard InChI is InChI=1S/C20H22N2O5/c1-14(19(24)22-20(12-21)9-3-2-4-10-20)27-18(23)8-6-15-5-7-16-17(11-15)26-13-25-16/h5-8,11,14H,2-4,9-10,13H2,1H3,(H,22,24)/b8-6+/t14-/m0/s1. The summed E-state index contributed by atoms with van der Waals surface area (Å²) in [5.74, 6) is 0.190. The van der Waals surface area contributed by atoms with Crippen LogP contribution in [0, 0.1) is 11.3 Å². The Morgan fingerprint density at radius 1 is 1.26 bits per heavy atom. The molecule has 3 rings (SSSR count). The average molecular weight is 370 g/mol. The number of ether oxygens (including phenoxy) is 3. The van der Waals surface area contributed by atoms with Crippen molar-refractivity contribution in [1.82, 2.24) is 5.32 Å². The Balaban J connectivity index is 1.53. The number of carbonyl (C=O) groups is 2. The number of benzene rings is 1. The van der Waals surface area contributed by atoms with Gasteiger partial charge in [0, 0.05) is 6.08 Å². The van der Waals surface area contributed by atoms with Gasteiger partial charge in [0.25, 0.3) is 5.91 Å². The van der Waals surface area contributed by atoms with Crippen LogP contribution in [-0.2, 0) is 14.3 Å². The highest BCUT2D eigenvalue weighted by atomic mass is 16.7. The van der Waals surface area contributed by atoms with Crippen LogP contribution < -0.4 is 14.8 Å². The molecule has 0 spiro atoms. The minimum Gasteiger partial charge on any atom is -0.454 e. The van der Waals surface area contributed by atoms with Crippen LogP contribution in [0.5, 0.6) is 11.5 Å². The largest absolute Gasteiger partial charge is 0.454 e. The first-order chi connectivity index (χ1) is 13.0. The summed E-state index contributed by atoms with van der Waals surface area (Å²) in [5.41, 5.74) is -0.0999. The number of amides is 1. The van der Waals surface area contributed by atoms with Gasteiger partial charge in [-0.15, -0.1) is 0 Å². The summed E-state index contributed by atoms with van der Waals surface area (Å²) in [4.78, 5) is 24.3. The summed E-state index contributed by atoms with van der Waals surface area (Å²) >= 11 is 0. The van der Waals surface area contributed by atoms with E-state index in [1.165, 1.54) is 13.0 Å². The fraction of sp³-hybridized carbons (Fsp3) is 0.450. The Bertz CT molecular complexity index is 790. The van der Waals surface area contributed by atoms with Crippen molar-refractivity contribution < 1.29 is 23.8 Å². The molecule has 1 aromatic carbocycles. The molecule has 1 atom stereocenters. The quantitative estimate of drug-likeness (QED) is 0.632. The molecule has 1 N–H and O–H groups in total. The van der Waals surface area contributed by atoms with Crippen LogP contribution in [0.1, 0.15) is 44.6 Å². The van der Waals surface area contributed by atoms with Gasteiger partial charge in [0.15, 0.2) is 17.6 Å². The summed E-state index contributed by atoms with van der Waals surface area (Å²) in [7, 11) is 0. The van der Waals surface area contributed by atoms with Gasteiger partial charge in [-0.25, -0.2) is 4.79 Å².